The van der Waals surface area contributed by atoms with Crippen molar-refractivity contribution in [1.82, 2.24) is 65.4 Å². The van der Waals surface area contributed by atoms with Crippen molar-refractivity contribution in [3.8, 4) is 0 Å². The van der Waals surface area contributed by atoms with Gasteiger partial charge in [0, 0.05) is 101 Å². The average Bonchev–Trinajstić information content (AvgIpc) is 0.813. The molecule has 3 aliphatic rings. The fourth-order valence-corrected chi connectivity index (χ4v) is 13.8. The third-order valence-corrected chi connectivity index (χ3v) is 20.8. The van der Waals surface area contributed by atoms with Crippen LogP contribution in [0.1, 0.15) is 180 Å². The van der Waals surface area contributed by atoms with E-state index >= 15 is 38.4 Å². The van der Waals surface area contributed by atoms with Gasteiger partial charge in [0.15, 0.2) is 0 Å². The first kappa shape index (κ1) is 92.1. The summed E-state index contributed by atoms with van der Waals surface area (Å²) in [5.41, 5.74) is -0.160. The predicted molar refractivity (Wildman–Crippen MR) is 410 cm³/mol. The minimum absolute atomic E-state index is 0.00581. The van der Waals surface area contributed by atoms with Gasteiger partial charge in [-0.05, 0) is 114 Å². The summed E-state index contributed by atoms with van der Waals surface area (Å²) >= 11 is 0. The standard InChI is InChI=1S/C79H135N13O15/c1-22-55(11)68-78(104)90(21)65(47-56-31-26-24-27-32-56)77(103)86(17)60(23-2)69(95)82-59(50-107-79(12,13)14)74(100)87(18)62(44-52(5)6)71(97)81-58(49-106-42-39-91-37-40-105-41-38-91)73(99)89(20)64(46-54(9)10)76(102)88(19)63(45-53(7)8)70(96)80-57(75(101)92-35-28-25-29-36-92)48-67(94)84(15)34-30-33-66(93)85(16)61(43-51(3)4)72(98)83-68/h24,26-27,31-32,51-55,57-65,68H,22-23,25,28-30,33-50H2,1-21H3,(H,80,96)(H,81,97)(H,82,95)(H,83,98)/t55-,57-,58-,59-,60-,61-,62-,63-,64-,65-,68-/m0/s1. The molecule has 3 aliphatic heterocycles. The van der Waals surface area contributed by atoms with Gasteiger partial charge in [0.25, 0.3) is 0 Å². The second kappa shape index (κ2) is 44.4. The number of hydrogen-bond acceptors (Lipinski definition) is 16. The van der Waals surface area contributed by atoms with Gasteiger partial charge in [-0.1, -0.05) is 113 Å². The van der Waals surface area contributed by atoms with Gasteiger partial charge in [-0.25, -0.2) is 0 Å². The molecule has 28 heteroatoms. The van der Waals surface area contributed by atoms with Gasteiger partial charge in [0.2, 0.25) is 70.9 Å². The summed E-state index contributed by atoms with van der Waals surface area (Å²) in [6, 6.07) is -3.70. The Morgan fingerprint density at radius 3 is 1.49 bits per heavy atom. The van der Waals surface area contributed by atoms with Crippen LogP contribution in [0.15, 0.2) is 30.3 Å². The van der Waals surface area contributed by atoms with Crippen molar-refractivity contribution < 1.29 is 71.7 Å². The fraction of sp³-hybridized carbons (Fsp3) is 0.772. The number of piperidine rings is 1. The van der Waals surface area contributed by atoms with Crippen LogP contribution in [0.4, 0.5) is 0 Å². The first-order chi connectivity index (χ1) is 50.2. The lowest BCUT2D eigenvalue weighted by atomic mass is 9.94. The summed E-state index contributed by atoms with van der Waals surface area (Å²) in [5.74, 6) is -8.64. The number of benzene rings is 1. The Labute approximate surface area is 638 Å². The summed E-state index contributed by atoms with van der Waals surface area (Å²) < 4.78 is 18.1. The highest BCUT2D eigenvalue weighted by molar-refractivity contribution is 6.00. The zero-order valence-electron chi connectivity index (χ0n) is 68.7. The van der Waals surface area contributed by atoms with Gasteiger partial charge >= 0.3 is 0 Å². The minimum Gasteiger partial charge on any atom is -0.379 e. The summed E-state index contributed by atoms with van der Waals surface area (Å²) in [7, 11) is 10.4. The van der Waals surface area contributed by atoms with E-state index in [0.717, 1.165) is 19.3 Å². The summed E-state index contributed by atoms with van der Waals surface area (Å²) in [6.45, 7) is 28.9. The molecule has 3 fully saturated rings. The molecule has 0 saturated carbocycles. The molecular formula is C79H135N13O15. The van der Waals surface area contributed by atoms with E-state index in [1.807, 2.05) is 87.4 Å². The molecule has 1 aromatic rings. The maximum Gasteiger partial charge on any atom is 0.247 e. The lowest BCUT2D eigenvalue weighted by molar-refractivity contribution is -0.152. The van der Waals surface area contributed by atoms with Crippen molar-refractivity contribution in [3.05, 3.63) is 35.9 Å². The van der Waals surface area contributed by atoms with Crippen LogP contribution in [0.25, 0.3) is 0 Å². The molecule has 1 aromatic carbocycles. The zero-order valence-corrected chi connectivity index (χ0v) is 68.7. The molecule has 606 valence electrons. The van der Waals surface area contributed by atoms with Gasteiger partial charge < -0.3 is 74.7 Å². The van der Waals surface area contributed by atoms with E-state index in [1.165, 1.54) is 76.6 Å². The summed E-state index contributed by atoms with van der Waals surface area (Å²) in [4.78, 5) is 194. The van der Waals surface area contributed by atoms with E-state index in [2.05, 4.69) is 26.2 Å². The molecule has 28 nitrogen and oxygen atoms in total. The van der Waals surface area contributed by atoms with E-state index in [4.69, 9.17) is 14.2 Å². The summed E-state index contributed by atoms with van der Waals surface area (Å²) in [5, 5.41) is 11.7. The third-order valence-electron chi connectivity index (χ3n) is 20.8. The van der Waals surface area contributed by atoms with Crippen molar-refractivity contribution in [1.29, 1.82) is 0 Å². The van der Waals surface area contributed by atoms with Crippen LogP contribution in [0, 0.1) is 29.6 Å². The molecule has 0 spiro atoms. The van der Waals surface area contributed by atoms with E-state index in [1.54, 1.807) is 51.8 Å². The van der Waals surface area contributed by atoms with Gasteiger partial charge in [0.05, 0.1) is 45.1 Å². The molecule has 4 N–H and O–H groups in total. The van der Waals surface area contributed by atoms with Crippen LogP contribution in [0.5, 0.6) is 0 Å². The van der Waals surface area contributed by atoms with Crippen molar-refractivity contribution in [2.45, 2.75) is 246 Å². The lowest BCUT2D eigenvalue weighted by Crippen LogP contribution is -2.62. The second-order valence-corrected chi connectivity index (χ2v) is 32.5. The number of nitrogens with one attached hydrogen (secondary N) is 4. The van der Waals surface area contributed by atoms with Crippen LogP contribution in [0.3, 0.4) is 0 Å². The first-order valence-electron chi connectivity index (χ1n) is 39.1. The number of rotatable bonds is 21. The monoisotopic (exact) mass is 1510 g/mol. The second-order valence-electron chi connectivity index (χ2n) is 32.5. The van der Waals surface area contributed by atoms with Crippen molar-refractivity contribution in [2.75, 3.05) is 122 Å². The number of amides is 12. The largest absolute Gasteiger partial charge is 0.379 e. The highest BCUT2D eigenvalue weighted by atomic mass is 16.5. The summed E-state index contributed by atoms with van der Waals surface area (Å²) in [6.07, 6.45) is 2.90. The third kappa shape index (κ3) is 28.6. The molecule has 11 atom stereocenters. The average molecular weight is 1510 g/mol. The molecule has 3 heterocycles. The smallest absolute Gasteiger partial charge is 0.247 e. The number of carbonyl (C=O) groups is 12. The van der Waals surface area contributed by atoms with Crippen LogP contribution in [0.2, 0.25) is 0 Å². The molecular weight excluding hydrogens is 1370 g/mol. The van der Waals surface area contributed by atoms with Crippen molar-refractivity contribution in [3.63, 3.8) is 0 Å². The Morgan fingerprint density at radius 2 is 0.963 bits per heavy atom. The zero-order chi connectivity index (χ0) is 80.3. The molecule has 0 bridgehead atoms. The lowest BCUT2D eigenvalue weighted by Gasteiger charge is -2.38. The number of hydrogen-bond donors (Lipinski definition) is 4. The number of morpholine rings is 1. The predicted octanol–water partition coefficient (Wildman–Crippen LogP) is 4.59. The molecule has 0 aliphatic carbocycles. The van der Waals surface area contributed by atoms with Gasteiger partial charge in [0.1, 0.15) is 60.4 Å². The Kier molecular flexibility index (Phi) is 38.2. The van der Waals surface area contributed by atoms with Crippen LogP contribution < -0.4 is 21.3 Å². The van der Waals surface area contributed by atoms with Crippen LogP contribution in [-0.4, -0.2) is 303 Å². The molecule has 0 aromatic heterocycles. The van der Waals surface area contributed by atoms with E-state index in [0.29, 0.717) is 57.9 Å². The Morgan fingerprint density at radius 1 is 0.505 bits per heavy atom. The van der Waals surface area contributed by atoms with Crippen LogP contribution >= 0.6 is 0 Å². The van der Waals surface area contributed by atoms with Gasteiger partial charge in [-0.15, -0.1) is 0 Å². The normalized spacial score (nSPS) is 25.7. The molecule has 12 amide bonds. The first-order valence-corrected chi connectivity index (χ1v) is 39.1. The molecule has 0 radical (unpaired) electrons. The van der Waals surface area contributed by atoms with Crippen LogP contribution in [-0.2, 0) is 78.2 Å². The minimum atomic E-state index is -1.46. The van der Waals surface area contributed by atoms with Gasteiger partial charge in [-0.2, -0.15) is 0 Å². The SMILES string of the molecule is CC[C@H](C)[C@@H]1NC(=O)[C@H](CC(C)C)N(C)C(=O)CCCN(C)C(=O)C[C@@H](C(=O)N2CCCCC2)NC(=O)[C@H](CC(C)C)N(C)C(=O)[C@H](CC(C)C)N(C)C(=O)[C@H](COCCN2CCOCC2)NC(=O)[C@H](CC(C)C)N(C)C(=O)[C@H](COC(C)(C)C)NC(=O)[C@H](CC)N(C)C(=O)[C@H](Cc2ccccc2)N(C)C1=O. The quantitative estimate of drug-likeness (QED) is 0.122. The number of carbonyl (C=O) groups excluding carboxylic acids is 12. The molecule has 107 heavy (non-hydrogen) atoms. The Bertz CT molecular complexity index is 3060. The highest BCUT2D eigenvalue weighted by Crippen LogP contribution is 2.25. The highest BCUT2D eigenvalue weighted by Gasteiger charge is 2.44. The van der Waals surface area contributed by atoms with E-state index < -0.39 is 149 Å². The molecule has 4 rings (SSSR count). The van der Waals surface area contributed by atoms with Crippen molar-refractivity contribution >= 4 is 70.9 Å². The fourth-order valence-electron chi connectivity index (χ4n) is 13.8. The molecule has 3 saturated heterocycles. The Balaban J connectivity index is 1.96. The number of likely N-dealkylation sites (N-methyl/N-ethyl adjacent to an activating group) is 6. The molecule has 0 unspecified atom stereocenters. The number of ether oxygens (including phenoxy) is 3. The Hall–Kier alpha value is -7.30. The van der Waals surface area contributed by atoms with E-state index in [9.17, 15) is 19.2 Å². The van der Waals surface area contributed by atoms with E-state index in [-0.39, 0.29) is 101 Å². The number of nitrogens with zero attached hydrogens (tertiary/aromatic N) is 9. The topological polar surface area (TPSA) is 310 Å². The van der Waals surface area contributed by atoms with Gasteiger partial charge in [-0.3, -0.25) is 62.4 Å². The van der Waals surface area contributed by atoms with Crippen molar-refractivity contribution in [2.24, 2.45) is 29.6 Å². The maximum atomic E-state index is 15.5. The maximum absolute atomic E-state index is 15.5. The number of likely N-dealkylation sites (tertiary alicyclic amines) is 1.